The SMILES string of the molecule is NC(CCBr)(Cc1ccccc1)Cc1ccccc1. The average Bonchev–Trinajstić information content (AvgIpc) is 2.41. The van der Waals surface area contributed by atoms with Crippen LogP contribution in [0, 0.1) is 0 Å². The van der Waals surface area contributed by atoms with Crippen LogP contribution in [0.4, 0.5) is 0 Å². The van der Waals surface area contributed by atoms with E-state index in [1.165, 1.54) is 11.1 Å². The van der Waals surface area contributed by atoms with Crippen LogP contribution in [0.2, 0.25) is 0 Å². The summed E-state index contributed by atoms with van der Waals surface area (Å²) < 4.78 is 0. The lowest BCUT2D eigenvalue weighted by atomic mass is 9.83. The van der Waals surface area contributed by atoms with E-state index in [4.69, 9.17) is 5.73 Å². The molecule has 0 amide bonds. The van der Waals surface area contributed by atoms with Gasteiger partial charge in [0.1, 0.15) is 0 Å². The second-order valence-corrected chi connectivity index (χ2v) is 5.92. The van der Waals surface area contributed by atoms with E-state index in [1.807, 2.05) is 12.1 Å². The smallest absolute Gasteiger partial charge is 0.0243 e. The maximum Gasteiger partial charge on any atom is 0.0243 e. The summed E-state index contributed by atoms with van der Waals surface area (Å²) in [4.78, 5) is 0. The first-order valence-electron chi connectivity index (χ1n) is 6.65. The summed E-state index contributed by atoms with van der Waals surface area (Å²) in [7, 11) is 0. The molecule has 0 aliphatic heterocycles. The van der Waals surface area contributed by atoms with Crippen molar-refractivity contribution in [3.05, 3.63) is 71.8 Å². The molecule has 0 spiro atoms. The van der Waals surface area contributed by atoms with Crippen molar-refractivity contribution in [2.75, 3.05) is 5.33 Å². The lowest BCUT2D eigenvalue weighted by molar-refractivity contribution is 0.408. The van der Waals surface area contributed by atoms with Crippen molar-refractivity contribution in [2.24, 2.45) is 5.73 Å². The number of hydrogen-bond donors (Lipinski definition) is 1. The van der Waals surface area contributed by atoms with Crippen LogP contribution >= 0.6 is 15.9 Å². The van der Waals surface area contributed by atoms with Gasteiger partial charge in [0.25, 0.3) is 0 Å². The zero-order chi connectivity index (χ0) is 13.6. The van der Waals surface area contributed by atoms with Gasteiger partial charge in [-0.1, -0.05) is 76.6 Å². The van der Waals surface area contributed by atoms with Gasteiger partial charge in [-0.25, -0.2) is 0 Å². The summed E-state index contributed by atoms with van der Waals surface area (Å²) in [5.41, 5.74) is 9.07. The van der Waals surface area contributed by atoms with Gasteiger partial charge in [0, 0.05) is 10.9 Å². The molecule has 0 bridgehead atoms. The largest absolute Gasteiger partial charge is 0.324 e. The fourth-order valence-electron chi connectivity index (χ4n) is 2.43. The van der Waals surface area contributed by atoms with Gasteiger partial charge in [0.05, 0.1) is 0 Å². The maximum atomic E-state index is 6.64. The second kappa shape index (κ2) is 6.88. The Hall–Kier alpha value is -1.12. The Balaban J connectivity index is 2.13. The fraction of sp³-hybridized carbons (Fsp3) is 0.294. The molecule has 0 aliphatic carbocycles. The molecule has 0 saturated carbocycles. The molecule has 0 aliphatic rings. The molecule has 2 aromatic rings. The summed E-state index contributed by atoms with van der Waals surface area (Å²) in [6.07, 6.45) is 2.79. The van der Waals surface area contributed by atoms with Crippen LogP contribution in [-0.2, 0) is 12.8 Å². The summed E-state index contributed by atoms with van der Waals surface area (Å²) in [6, 6.07) is 21.0. The average molecular weight is 318 g/mol. The Morgan fingerprint density at radius 1 is 0.789 bits per heavy atom. The van der Waals surface area contributed by atoms with E-state index in [-0.39, 0.29) is 5.54 Å². The zero-order valence-electron chi connectivity index (χ0n) is 11.1. The van der Waals surface area contributed by atoms with Gasteiger partial charge >= 0.3 is 0 Å². The number of hydrogen-bond acceptors (Lipinski definition) is 1. The van der Waals surface area contributed by atoms with E-state index in [2.05, 4.69) is 64.5 Å². The van der Waals surface area contributed by atoms with Crippen LogP contribution in [0.15, 0.2) is 60.7 Å². The molecule has 2 heteroatoms. The third-order valence-electron chi connectivity index (χ3n) is 3.39. The molecule has 19 heavy (non-hydrogen) atoms. The minimum Gasteiger partial charge on any atom is -0.324 e. The monoisotopic (exact) mass is 317 g/mol. The molecule has 0 atom stereocenters. The number of alkyl halides is 1. The van der Waals surface area contributed by atoms with Crippen LogP contribution in [0.5, 0.6) is 0 Å². The fourth-order valence-corrected chi connectivity index (χ4v) is 3.22. The van der Waals surface area contributed by atoms with Crippen LogP contribution in [0.3, 0.4) is 0 Å². The lowest BCUT2D eigenvalue weighted by Crippen LogP contribution is -2.44. The summed E-state index contributed by atoms with van der Waals surface area (Å²) in [6.45, 7) is 0. The van der Waals surface area contributed by atoms with Gasteiger partial charge in [-0.05, 0) is 30.4 Å². The summed E-state index contributed by atoms with van der Waals surface area (Å²) in [5, 5.41) is 0.934. The van der Waals surface area contributed by atoms with Crippen LogP contribution in [0.25, 0.3) is 0 Å². The van der Waals surface area contributed by atoms with Crippen molar-refractivity contribution in [1.82, 2.24) is 0 Å². The van der Waals surface area contributed by atoms with Gasteiger partial charge in [-0.2, -0.15) is 0 Å². The van der Waals surface area contributed by atoms with E-state index in [1.54, 1.807) is 0 Å². The molecule has 2 N–H and O–H groups in total. The Morgan fingerprint density at radius 2 is 1.21 bits per heavy atom. The molecular formula is C17H20BrN. The van der Waals surface area contributed by atoms with E-state index in [9.17, 15) is 0 Å². The molecule has 2 rings (SSSR count). The highest BCUT2D eigenvalue weighted by Crippen LogP contribution is 2.21. The van der Waals surface area contributed by atoms with Gasteiger partial charge in [0.15, 0.2) is 0 Å². The second-order valence-electron chi connectivity index (χ2n) is 5.13. The lowest BCUT2D eigenvalue weighted by Gasteiger charge is -2.29. The maximum absolute atomic E-state index is 6.64. The normalized spacial score (nSPS) is 11.5. The molecule has 100 valence electrons. The highest BCUT2D eigenvalue weighted by Gasteiger charge is 2.25. The van der Waals surface area contributed by atoms with Crippen molar-refractivity contribution in [1.29, 1.82) is 0 Å². The number of nitrogens with two attached hydrogens (primary N) is 1. The standard InChI is InChI=1S/C17H20BrN/c18-12-11-17(19,13-15-7-3-1-4-8-15)14-16-9-5-2-6-10-16/h1-10H,11-14,19H2. The Kier molecular flexibility index (Phi) is 5.17. The summed E-state index contributed by atoms with van der Waals surface area (Å²) >= 11 is 3.53. The Morgan fingerprint density at radius 3 is 1.58 bits per heavy atom. The molecule has 0 radical (unpaired) electrons. The third kappa shape index (κ3) is 4.48. The van der Waals surface area contributed by atoms with Crippen LogP contribution < -0.4 is 5.73 Å². The molecule has 1 nitrogen and oxygen atoms in total. The number of benzene rings is 2. The van der Waals surface area contributed by atoms with E-state index >= 15 is 0 Å². The number of rotatable bonds is 6. The van der Waals surface area contributed by atoms with Crippen molar-refractivity contribution < 1.29 is 0 Å². The highest BCUT2D eigenvalue weighted by molar-refractivity contribution is 9.09. The first-order valence-corrected chi connectivity index (χ1v) is 7.77. The Labute approximate surface area is 124 Å². The predicted molar refractivity (Wildman–Crippen MR) is 85.6 cm³/mol. The molecule has 0 heterocycles. The first kappa shape index (κ1) is 14.3. The third-order valence-corrected chi connectivity index (χ3v) is 3.79. The Bertz CT molecular complexity index is 440. The van der Waals surface area contributed by atoms with Gasteiger partial charge in [-0.3, -0.25) is 0 Å². The van der Waals surface area contributed by atoms with E-state index in [0.29, 0.717) is 0 Å². The first-order chi connectivity index (χ1) is 9.22. The van der Waals surface area contributed by atoms with Crippen molar-refractivity contribution in [2.45, 2.75) is 24.8 Å². The van der Waals surface area contributed by atoms with Crippen LogP contribution in [0.1, 0.15) is 17.5 Å². The molecule has 0 unspecified atom stereocenters. The predicted octanol–water partition coefficient (Wildman–Crippen LogP) is 3.95. The van der Waals surface area contributed by atoms with E-state index in [0.717, 1.165) is 24.6 Å². The molecule has 0 saturated heterocycles. The van der Waals surface area contributed by atoms with Gasteiger partial charge in [-0.15, -0.1) is 0 Å². The van der Waals surface area contributed by atoms with Crippen molar-refractivity contribution in [3.63, 3.8) is 0 Å². The number of halogens is 1. The van der Waals surface area contributed by atoms with Gasteiger partial charge in [0.2, 0.25) is 0 Å². The van der Waals surface area contributed by atoms with Crippen molar-refractivity contribution >= 4 is 15.9 Å². The molecule has 0 fully saturated rings. The quantitative estimate of drug-likeness (QED) is 0.802. The van der Waals surface area contributed by atoms with E-state index < -0.39 is 0 Å². The molecular weight excluding hydrogens is 298 g/mol. The van der Waals surface area contributed by atoms with Crippen LogP contribution in [-0.4, -0.2) is 10.9 Å². The minimum atomic E-state index is -0.188. The molecule has 2 aromatic carbocycles. The topological polar surface area (TPSA) is 26.0 Å². The van der Waals surface area contributed by atoms with Crippen molar-refractivity contribution in [3.8, 4) is 0 Å². The highest BCUT2D eigenvalue weighted by atomic mass is 79.9. The minimum absolute atomic E-state index is 0.188. The van der Waals surface area contributed by atoms with Gasteiger partial charge < -0.3 is 5.73 Å². The molecule has 0 aromatic heterocycles. The zero-order valence-corrected chi connectivity index (χ0v) is 12.6. The summed E-state index contributed by atoms with van der Waals surface area (Å²) in [5.74, 6) is 0.